The van der Waals surface area contributed by atoms with E-state index in [1.165, 1.54) is 0 Å². The minimum absolute atomic E-state index is 0.0882. The fourth-order valence-electron chi connectivity index (χ4n) is 3.10. The number of ether oxygens (including phenoxy) is 1. The molecule has 0 unspecified atom stereocenters. The first-order valence-electron chi connectivity index (χ1n) is 9.05. The molecular weight excluding hydrogens is 352 g/mol. The average molecular weight is 372 g/mol. The monoisotopic (exact) mass is 372 g/mol. The van der Waals surface area contributed by atoms with Crippen LogP contribution in [-0.4, -0.2) is 9.97 Å². The predicted molar refractivity (Wildman–Crippen MR) is 109 cm³/mol. The smallest absolute Gasteiger partial charge is 0.322 e. The standard InChI is InChI=1S/C23H20N2O3/c1-13-5-8-17(9-6-13)21-22(28-23-24-15(3)12-16(4)25-23)20(26)18-10-7-14(2)11-19(18)27-21/h5-12H,1-4H3. The molecule has 0 atom stereocenters. The van der Waals surface area contributed by atoms with Crippen LogP contribution in [0.3, 0.4) is 0 Å². The van der Waals surface area contributed by atoms with E-state index >= 15 is 0 Å². The molecule has 140 valence electrons. The Kier molecular flexibility index (Phi) is 4.43. The van der Waals surface area contributed by atoms with E-state index < -0.39 is 0 Å². The number of hydrogen-bond acceptors (Lipinski definition) is 5. The summed E-state index contributed by atoms with van der Waals surface area (Å²) in [4.78, 5) is 21.8. The summed E-state index contributed by atoms with van der Waals surface area (Å²) in [5.41, 5.74) is 4.68. The number of hydrogen-bond donors (Lipinski definition) is 0. The molecule has 0 radical (unpaired) electrons. The zero-order valence-electron chi connectivity index (χ0n) is 16.2. The van der Waals surface area contributed by atoms with Crippen LogP contribution in [0.15, 0.2) is 57.7 Å². The molecular formula is C23H20N2O3. The van der Waals surface area contributed by atoms with E-state index in [4.69, 9.17) is 9.15 Å². The van der Waals surface area contributed by atoms with Crippen molar-refractivity contribution in [1.29, 1.82) is 0 Å². The van der Waals surface area contributed by atoms with Gasteiger partial charge in [0.25, 0.3) is 0 Å². The van der Waals surface area contributed by atoms with Crippen molar-refractivity contribution in [2.45, 2.75) is 27.7 Å². The Hall–Kier alpha value is -3.47. The van der Waals surface area contributed by atoms with Gasteiger partial charge in [-0.2, -0.15) is 0 Å². The van der Waals surface area contributed by atoms with Gasteiger partial charge in [-0.05, 0) is 51.5 Å². The molecule has 0 aliphatic carbocycles. The fourth-order valence-corrected chi connectivity index (χ4v) is 3.10. The molecule has 0 aliphatic rings. The van der Waals surface area contributed by atoms with Gasteiger partial charge in [0.05, 0.1) is 5.39 Å². The topological polar surface area (TPSA) is 65.2 Å². The summed E-state index contributed by atoms with van der Waals surface area (Å²) in [5, 5.41) is 0.459. The highest BCUT2D eigenvalue weighted by Gasteiger charge is 2.20. The molecule has 0 aliphatic heterocycles. The highest BCUT2D eigenvalue weighted by molar-refractivity contribution is 5.82. The molecule has 4 rings (SSSR count). The first-order valence-corrected chi connectivity index (χ1v) is 9.05. The molecule has 4 aromatic rings. The van der Waals surface area contributed by atoms with Gasteiger partial charge in [0, 0.05) is 17.0 Å². The average Bonchev–Trinajstić information content (AvgIpc) is 2.63. The second kappa shape index (κ2) is 6.93. The zero-order chi connectivity index (χ0) is 19.8. The normalized spacial score (nSPS) is 11.0. The van der Waals surface area contributed by atoms with Crippen molar-refractivity contribution in [3.8, 4) is 23.1 Å². The van der Waals surface area contributed by atoms with Gasteiger partial charge in [-0.1, -0.05) is 35.9 Å². The highest BCUT2D eigenvalue weighted by Crippen LogP contribution is 2.33. The summed E-state index contributed by atoms with van der Waals surface area (Å²) in [5.74, 6) is 0.455. The Bertz CT molecular complexity index is 1220. The van der Waals surface area contributed by atoms with Crippen LogP contribution in [-0.2, 0) is 0 Å². The van der Waals surface area contributed by atoms with Gasteiger partial charge in [-0.3, -0.25) is 4.79 Å². The van der Waals surface area contributed by atoms with E-state index in [-0.39, 0.29) is 17.2 Å². The Morgan fingerprint density at radius 3 is 2.14 bits per heavy atom. The Morgan fingerprint density at radius 1 is 0.821 bits per heavy atom. The van der Waals surface area contributed by atoms with E-state index in [1.807, 2.05) is 70.2 Å². The van der Waals surface area contributed by atoms with Crippen molar-refractivity contribution in [3.05, 3.63) is 81.3 Å². The minimum atomic E-state index is -0.250. The third-order valence-corrected chi connectivity index (χ3v) is 4.48. The van der Waals surface area contributed by atoms with E-state index in [0.717, 1.165) is 28.1 Å². The molecule has 2 aromatic carbocycles. The predicted octanol–water partition coefficient (Wildman–Crippen LogP) is 5.28. The van der Waals surface area contributed by atoms with Crippen LogP contribution in [0.4, 0.5) is 0 Å². The minimum Gasteiger partial charge on any atom is -0.452 e. The highest BCUT2D eigenvalue weighted by atomic mass is 16.5. The number of nitrogens with zero attached hydrogens (tertiary/aromatic N) is 2. The number of aryl methyl sites for hydroxylation is 4. The van der Waals surface area contributed by atoms with Gasteiger partial charge in [-0.25, -0.2) is 9.97 Å². The molecule has 2 heterocycles. The van der Waals surface area contributed by atoms with Crippen LogP contribution in [0.5, 0.6) is 11.8 Å². The SMILES string of the molecule is Cc1ccc(-c2oc3cc(C)ccc3c(=O)c2Oc2nc(C)cc(C)n2)cc1. The largest absolute Gasteiger partial charge is 0.452 e. The van der Waals surface area contributed by atoms with Gasteiger partial charge in [-0.15, -0.1) is 0 Å². The van der Waals surface area contributed by atoms with Crippen molar-refractivity contribution in [2.24, 2.45) is 0 Å². The third-order valence-electron chi connectivity index (χ3n) is 4.48. The molecule has 0 fully saturated rings. The molecule has 5 heteroatoms. The molecule has 2 aromatic heterocycles. The lowest BCUT2D eigenvalue weighted by Crippen LogP contribution is -2.09. The molecule has 0 saturated heterocycles. The van der Waals surface area contributed by atoms with Crippen LogP contribution >= 0.6 is 0 Å². The van der Waals surface area contributed by atoms with Crippen LogP contribution < -0.4 is 10.2 Å². The number of aromatic nitrogens is 2. The Labute approximate surface area is 162 Å². The van der Waals surface area contributed by atoms with Crippen LogP contribution in [0.1, 0.15) is 22.5 Å². The first-order chi connectivity index (χ1) is 13.4. The van der Waals surface area contributed by atoms with Crippen LogP contribution in [0.25, 0.3) is 22.3 Å². The van der Waals surface area contributed by atoms with Gasteiger partial charge in [0.1, 0.15) is 5.58 Å². The quantitative estimate of drug-likeness (QED) is 0.490. The number of fused-ring (bicyclic) bond motifs is 1. The maximum absolute atomic E-state index is 13.2. The van der Waals surface area contributed by atoms with Crippen molar-refractivity contribution < 1.29 is 9.15 Å². The zero-order valence-corrected chi connectivity index (χ0v) is 16.2. The van der Waals surface area contributed by atoms with Crippen LogP contribution in [0, 0.1) is 27.7 Å². The Balaban J connectivity index is 1.97. The third kappa shape index (κ3) is 3.39. The molecule has 0 N–H and O–H groups in total. The number of rotatable bonds is 3. The van der Waals surface area contributed by atoms with Gasteiger partial charge in [0.15, 0.2) is 5.76 Å². The lowest BCUT2D eigenvalue weighted by molar-refractivity contribution is 0.421. The molecule has 0 bridgehead atoms. The molecule has 0 saturated carbocycles. The molecule has 0 amide bonds. The summed E-state index contributed by atoms with van der Waals surface area (Å²) in [6, 6.07) is 15.2. The lowest BCUT2D eigenvalue weighted by atomic mass is 10.1. The summed E-state index contributed by atoms with van der Waals surface area (Å²) in [6.45, 7) is 7.67. The van der Waals surface area contributed by atoms with Gasteiger partial charge >= 0.3 is 6.01 Å². The fraction of sp³-hybridized carbons (Fsp3) is 0.174. The molecule has 5 nitrogen and oxygen atoms in total. The van der Waals surface area contributed by atoms with Crippen molar-refractivity contribution in [1.82, 2.24) is 9.97 Å². The van der Waals surface area contributed by atoms with E-state index in [0.29, 0.717) is 16.7 Å². The summed E-state index contributed by atoms with van der Waals surface area (Å²) in [7, 11) is 0. The van der Waals surface area contributed by atoms with Crippen molar-refractivity contribution in [2.75, 3.05) is 0 Å². The lowest BCUT2D eigenvalue weighted by Gasteiger charge is -2.11. The van der Waals surface area contributed by atoms with E-state index in [2.05, 4.69) is 9.97 Å². The maximum Gasteiger partial charge on any atom is 0.322 e. The van der Waals surface area contributed by atoms with Crippen molar-refractivity contribution in [3.63, 3.8) is 0 Å². The van der Waals surface area contributed by atoms with Gasteiger partial charge < -0.3 is 9.15 Å². The van der Waals surface area contributed by atoms with Crippen molar-refractivity contribution >= 4 is 11.0 Å². The van der Waals surface area contributed by atoms with Gasteiger partial charge in [0.2, 0.25) is 11.2 Å². The summed E-state index contributed by atoms with van der Waals surface area (Å²) < 4.78 is 12.0. The molecule has 0 spiro atoms. The maximum atomic E-state index is 13.2. The second-order valence-corrected chi connectivity index (χ2v) is 6.99. The van der Waals surface area contributed by atoms with Crippen LogP contribution in [0.2, 0.25) is 0 Å². The summed E-state index contributed by atoms with van der Waals surface area (Å²) in [6.07, 6.45) is 0. The summed E-state index contributed by atoms with van der Waals surface area (Å²) >= 11 is 0. The first kappa shape index (κ1) is 17.9. The molecule has 28 heavy (non-hydrogen) atoms. The number of benzene rings is 2. The Morgan fingerprint density at radius 2 is 1.46 bits per heavy atom. The van der Waals surface area contributed by atoms with E-state index in [1.54, 1.807) is 6.07 Å². The second-order valence-electron chi connectivity index (χ2n) is 6.99. The van der Waals surface area contributed by atoms with E-state index in [9.17, 15) is 4.79 Å².